The van der Waals surface area contributed by atoms with Crippen molar-refractivity contribution in [3.63, 3.8) is 0 Å². The van der Waals surface area contributed by atoms with Crippen LogP contribution in [0.15, 0.2) is 41.4 Å². The van der Waals surface area contributed by atoms with Gasteiger partial charge in [0.1, 0.15) is 5.82 Å². The van der Waals surface area contributed by atoms with Gasteiger partial charge < -0.3 is 25.2 Å². The predicted octanol–water partition coefficient (Wildman–Crippen LogP) is 2.95. The van der Waals surface area contributed by atoms with Crippen LogP contribution in [0.1, 0.15) is 24.0 Å². The van der Waals surface area contributed by atoms with Crippen molar-refractivity contribution in [2.75, 3.05) is 27.8 Å². The molecule has 1 aliphatic rings. The van der Waals surface area contributed by atoms with Crippen LogP contribution in [0.4, 0.5) is 4.39 Å². The summed E-state index contributed by atoms with van der Waals surface area (Å²) >= 11 is 0. The number of hydrogen-bond acceptors (Lipinski definition) is 4. The highest BCUT2D eigenvalue weighted by Crippen LogP contribution is 2.48. The lowest BCUT2D eigenvalue weighted by molar-refractivity contribution is 0.339. The summed E-state index contributed by atoms with van der Waals surface area (Å²) in [7, 11) is 4.67. The summed E-state index contributed by atoms with van der Waals surface area (Å²) in [4.78, 5) is 4.24. The number of aliphatic imine (C=N–C) groups is 1. The Morgan fingerprint density at radius 3 is 2.32 bits per heavy atom. The average Bonchev–Trinajstić information content (AvgIpc) is 3.50. The number of nitrogens with zero attached hydrogens (tertiary/aromatic N) is 1. The summed E-state index contributed by atoms with van der Waals surface area (Å²) in [5.74, 6) is 1.12. The van der Waals surface area contributed by atoms with Gasteiger partial charge in [0.2, 0.25) is 5.75 Å². The first-order valence-corrected chi connectivity index (χ1v) is 9.16. The molecule has 0 aliphatic heterocycles. The molecule has 0 unspecified atom stereocenters. The highest BCUT2D eigenvalue weighted by atomic mass is 19.1. The van der Waals surface area contributed by atoms with E-state index < -0.39 is 0 Å². The van der Waals surface area contributed by atoms with Crippen molar-refractivity contribution in [3.05, 3.63) is 53.3 Å². The number of guanidine groups is 1. The van der Waals surface area contributed by atoms with E-state index in [1.807, 2.05) is 12.1 Å². The molecule has 0 aromatic heterocycles. The summed E-state index contributed by atoms with van der Waals surface area (Å²) in [5.41, 5.74) is 1.45. The number of nitrogens with one attached hydrogen (secondary N) is 2. The van der Waals surface area contributed by atoms with Crippen LogP contribution in [0.3, 0.4) is 0 Å². The molecule has 2 aromatic rings. The molecule has 1 aliphatic carbocycles. The molecule has 1 saturated carbocycles. The van der Waals surface area contributed by atoms with E-state index in [0.717, 1.165) is 24.0 Å². The van der Waals surface area contributed by atoms with Gasteiger partial charge in [-0.05, 0) is 42.2 Å². The van der Waals surface area contributed by atoms with Gasteiger partial charge in [0.15, 0.2) is 17.5 Å². The molecule has 0 bridgehead atoms. The zero-order valence-corrected chi connectivity index (χ0v) is 16.4. The number of phenols is 1. The Bertz CT molecular complexity index is 841. The number of halogens is 1. The van der Waals surface area contributed by atoms with Crippen molar-refractivity contribution in [2.24, 2.45) is 4.99 Å². The van der Waals surface area contributed by atoms with Gasteiger partial charge in [-0.1, -0.05) is 18.2 Å². The standard InChI is InChI=1S/C21H26FN3O3/c1-23-20(24-12-14-10-17(27-2)19(26)18(11-14)28-3)25-13-21(8-9-21)15-6-4-5-7-16(15)22/h4-7,10-11,26H,8-9,12-13H2,1-3H3,(H2,23,24,25). The fraction of sp³-hybridized carbons (Fsp3) is 0.381. The van der Waals surface area contributed by atoms with Gasteiger partial charge in [0.05, 0.1) is 14.2 Å². The maximum atomic E-state index is 14.2. The third kappa shape index (κ3) is 4.13. The molecule has 6 nitrogen and oxygen atoms in total. The quantitative estimate of drug-likeness (QED) is 0.503. The number of methoxy groups -OCH3 is 2. The van der Waals surface area contributed by atoms with Crippen molar-refractivity contribution in [3.8, 4) is 17.2 Å². The molecule has 28 heavy (non-hydrogen) atoms. The first-order valence-electron chi connectivity index (χ1n) is 9.16. The van der Waals surface area contributed by atoms with E-state index in [9.17, 15) is 9.50 Å². The van der Waals surface area contributed by atoms with Gasteiger partial charge in [-0.15, -0.1) is 0 Å². The molecule has 0 saturated heterocycles. The number of phenolic OH excluding ortho intramolecular Hbond substituents is 1. The van der Waals surface area contributed by atoms with Crippen LogP contribution < -0.4 is 20.1 Å². The number of ether oxygens (including phenoxy) is 2. The highest BCUT2D eigenvalue weighted by Gasteiger charge is 2.45. The Labute approximate surface area is 164 Å². The summed E-state index contributed by atoms with van der Waals surface area (Å²) in [6, 6.07) is 10.4. The van der Waals surface area contributed by atoms with Crippen LogP contribution in [0, 0.1) is 5.82 Å². The molecule has 7 heteroatoms. The Balaban J connectivity index is 1.63. The van der Waals surface area contributed by atoms with Crippen molar-refractivity contribution in [1.29, 1.82) is 0 Å². The topological polar surface area (TPSA) is 75.1 Å². The lowest BCUT2D eigenvalue weighted by Gasteiger charge is -2.20. The van der Waals surface area contributed by atoms with E-state index in [2.05, 4.69) is 15.6 Å². The minimum absolute atomic E-state index is 0.0307. The Hall–Kier alpha value is -2.96. The van der Waals surface area contributed by atoms with Crippen molar-refractivity contribution < 1.29 is 19.0 Å². The molecule has 0 amide bonds. The monoisotopic (exact) mass is 387 g/mol. The van der Waals surface area contributed by atoms with Crippen LogP contribution in [0.2, 0.25) is 0 Å². The Kier molecular flexibility index (Phi) is 5.92. The highest BCUT2D eigenvalue weighted by molar-refractivity contribution is 5.79. The second kappa shape index (κ2) is 8.37. The maximum absolute atomic E-state index is 14.2. The van der Waals surface area contributed by atoms with Gasteiger partial charge in [-0.3, -0.25) is 4.99 Å². The smallest absolute Gasteiger partial charge is 0.200 e. The molecule has 2 aromatic carbocycles. The number of aromatic hydroxyl groups is 1. The predicted molar refractivity (Wildman–Crippen MR) is 107 cm³/mol. The second-order valence-corrected chi connectivity index (χ2v) is 6.89. The van der Waals surface area contributed by atoms with E-state index in [1.165, 1.54) is 20.3 Å². The van der Waals surface area contributed by atoms with Crippen LogP contribution >= 0.6 is 0 Å². The summed E-state index contributed by atoms with van der Waals surface area (Å²) in [6.45, 7) is 1.06. The molecule has 0 spiro atoms. The van der Waals surface area contributed by atoms with E-state index in [-0.39, 0.29) is 17.0 Å². The average molecular weight is 387 g/mol. The van der Waals surface area contributed by atoms with Gasteiger partial charge in [-0.25, -0.2) is 4.39 Å². The maximum Gasteiger partial charge on any atom is 0.200 e. The molecule has 150 valence electrons. The van der Waals surface area contributed by atoms with Crippen LogP contribution in [0.25, 0.3) is 0 Å². The van der Waals surface area contributed by atoms with Gasteiger partial charge in [0.25, 0.3) is 0 Å². The van der Waals surface area contributed by atoms with Crippen LogP contribution in [-0.4, -0.2) is 38.9 Å². The van der Waals surface area contributed by atoms with Gasteiger partial charge in [-0.2, -0.15) is 0 Å². The van der Waals surface area contributed by atoms with Crippen LogP contribution in [0.5, 0.6) is 17.2 Å². The minimum atomic E-state index is -0.173. The zero-order chi connectivity index (χ0) is 20.1. The SMILES string of the molecule is CN=C(NCc1cc(OC)c(O)c(OC)c1)NCC1(c2ccccc2F)CC1. The fourth-order valence-corrected chi connectivity index (χ4v) is 3.29. The molecular formula is C21H26FN3O3. The first kappa shape index (κ1) is 19.8. The molecule has 1 fully saturated rings. The lowest BCUT2D eigenvalue weighted by Crippen LogP contribution is -2.41. The summed E-state index contributed by atoms with van der Waals surface area (Å²) < 4.78 is 24.5. The normalized spacial score (nSPS) is 15.1. The Morgan fingerprint density at radius 1 is 1.14 bits per heavy atom. The first-order chi connectivity index (χ1) is 13.5. The fourth-order valence-electron chi connectivity index (χ4n) is 3.29. The number of rotatable bonds is 7. The molecular weight excluding hydrogens is 361 g/mol. The van der Waals surface area contributed by atoms with Crippen molar-refractivity contribution >= 4 is 5.96 Å². The number of benzene rings is 2. The van der Waals surface area contributed by atoms with E-state index >= 15 is 0 Å². The zero-order valence-electron chi connectivity index (χ0n) is 16.4. The summed E-state index contributed by atoms with van der Waals surface area (Å²) in [5, 5.41) is 16.5. The third-order valence-electron chi connectivity index (χ3n) is 5.12. The van der Waals surface area contributed by atoms with Gasteiger partial charge in [0, 0.05) is 25.6 Å². The minimum Gasteiger partial charge on any atom is -0.502 e. The van der Waals surface area contributed by atoms with Crippen molar-refractivity contribution in [2.45, 2.75) is 24.8 Å². The molecule has 3 N–H and O–H groups in total. The van der Waals surface area contributed by atoms with Crippen molar-refractivity contribution in [1.82, 2.24) is 10.6 Å². The Morgan fingerprint density at radius 2 is 1.79 bits per heavy atom. The van der Waals surface area contributed by atoms with Crippen LogP contribution in [-0.2, 0) is 12.0 Å². The molecule has 0 heterocycles. The second-order valence-electron chi connectivity index (χ2n) is 6.89. The number of hydrogen-bond donors (Lipinski definition) is 3. The van der Waals surface area contributed by atoms with Gasteiger partial charge >= 0.3 is 0 Å². The molecule has 3 rings (SSSR count). The summed E-state index contributed by atoms with van der Waals surface area (Å²) in [6.07, 6.45) is 1.90. The third-order valence-corrected chi connectivity index (χ3v) is 5.12. The van der Waals surface area contributed by atoms with E-state index in [1.54, 1.807) is 25.2 Å². The largest absolute Gasteiger partial charge is 0.502 e. The lowest BCUT2D eigenvalue weighted by atomic mass is 9.95. The van der Waals surface area contributed by atoms with E-state index in [0.29, 0.717) is 30.5 Å². The molecule has 0 atom stereocenters. The molecule has 0 radical (unpaired) electrons. The van der Waals surface area contributed by atoms with E-state index in [4.69, 9.17) is 9.47 Å².